The average Bonchev–Trinajstić information content (AvgIpc) is 3.23. The van der Waals surface area contributed by atoms with Crippen LogP contribution in [0.1, 0.15) is 44.2 Å². The molecule has 1 fully saturated rings. The molecule has 0 aromatic heterocycles. The van der Waals surface area contributed by atoms with E-state index in [9.17, 15) is 8.42 Å². The first-order chi connectivity index (χ1) is 9.92. The SMILES string of the molecule is CC(C)CCN(C1CC1)S(=O)(=O)Cc1ccc(CO)cc1. The Kier molecular flexibility index (Phi) is 5.41. The number of rotatable bonds is 8. The van der Waals surface area contributed by atoms with Gasteiger partial charge in [0, 0.05) is 12.6 Å². The monoisotopic (exact) mass is 311 g/mol. The van der Waals surface area contributed by atoms with Gasteiger partial charge in [0.05, 0.1) is 12.4 Å². The van der Waals surface area contributed by atoms with Crippen molar-refractivity contribution in [3.63, 3.8) is 0 Å². The van der Waals surface area contributed by atoms with Crippen LogP contribution in [-0.2, 0) is 22.4 Å². The van der Waals surface area contributed by atoms with E-state index in [2.05, 4.69) is 13.8 Å². The molecule has 21 heavy (non-hydrogen) atoms. The van der Waals surface area contributed by atoms with Crippen molar-refractivity contribution in [2.24, 2.45) is 5.92 Å². The molecule has 0 radical (unpaired) electrons. The fourth-order valence-corrected chi connectivity index (χ4v) is 4.16. The Morgan fingerprint density at radius 2 is 1.76 bits per heavy atom. The lowest BCUT2D eigenvalue weighted by molar-refractivity contribution is 0.282. The van der Waals surface area contributed by atoms with Gasteiger partial charge < -0.3 is 5.11 Å². The Bertz CT molecular complexity index is 547. The molecule has 118 valence electrons. The van der Waals surface area contributed by atoms with Crippen LogP contribution in [0, 0.1) is 5.92 Å². The minimum absolute atomic E-state index is 0.0182. The first-order valence-electron chi connectivity index (χ1n) is 7.60. The highest BCUT2D eigenvalue weighted by Gasteiger charge is 2.36. The van der Waals surface area contributed by atoms with Crippen molar-refractivity contribution in [3.8, 4) is 0 Å². The molecule has 1 aromatic rings. The van der Waals surface area contributed by atoms with Gasteiger partial charge in [-0.05, 0) is 36.3 Å². The van der Waals surface area contributed by atoms with E-state index in [1.165, 1.54) is 0 Å². The summed E-state index contributed by atoms with van der Waals surface area (Å²) in [5.74, 6) is 0.554. The highest BCUT2D eigenvalue weighted by atomic mass is 32.2. The van der Waals surface area contributed by atoms with Gasteiger partial charge in [-0.2, -0.15) is 4.31 Å². The lowest BCUT2D eigenvalue weighted by Crippen LogP contribution is -2.35. The van der Waals surface area contributed by atoms with Gasteiger partial charge in [-0.1, -0.05) is 38.1 Å². The Morgan fingerprint density at radius 1 is 1.19 bits per heavy atom. The average molecular weight is 311 g/mol. The Morgan fingerprint density at radius 3 is 2.24 bits per heavy atom. The standard InChI is InChI=1S/C16H25NO3S/c1-13(2)9-10-17(16-7-8-16)21(19,20)12-15-5-3-14(11-18)4-6-15/h3-6,13,16,18H,7-12H2,1-2H3. The summed E-state index contributed by atoms with van der Waals surface area (Å²) in [6.07, 6.45) is 2.88. The first kappa shape index (κ1) is 16.5. The van der Waals surface area contributed by atoms with E-state index in [0.717, 1.165) is 30.4 Å². The summed E-state index contributed by atoms with van der Waals surface area (Å²) in [4.78, 5) is 0. The lowest BCUT2D eigenvalue weighted by Gasteiger charge is -2.22. The van der Waals surface area contributed by atoms with Gasteiger partial charge in [0.25, 0.3) is 0 Å². The molecule has 0 atom stereocenters. The zero-order chi connectivity index (χ0) is 15.5. The molecule has 0 saturated heterocycles. The largest absolute Gasteiger partial charge is 0.392 e. The first-order valence-corrected chi connectivity index (χ1v) is 9.21. The van der Waals surface area contributed by atoms with Gasteiger partial charge in [-0.3, -0.25) is 0 Å². The second-order valence-electron chi connectivity index (χ2n) is 6.26. The molecule has 1 aromatic carbocycles. The number of nitrogens with zero attached hydrogens (tertiary/aromatic N) is 1. The molecule has 0 amide bonds. The molecule has 0 bridgehead atoms. The van der Waals surface area contributed by atoms with Crippen LogP contribution in [0.5, 0.6) is 0 Å². The molecule has 1 saturated carbocycles. The van der Waals surface area contributed by atoms with E-state index in [4.69, 9.17) is 5.11 Å². The predicted octanol–water partition coefficient (Wildman–Crippen LogP) is 2.52. The third kappa shape index (κ3) is 4.80. The Labute approximate surface area is 127 Å². The number of aliphatic hydroxyl groups is 1. The van der Waals surface area contributed by atoms with Crippen LogP contribution in [0.25, 0.3) is 0 Å². The van der Waals surface area contributed by atoms with Crippen molar-refractivity contribution in [2.75, 3.05) is 6.54 Å². The van der Waals surface area contributed by atoms with Crippen molar-refractivity contribution in [2.45, 2.75) is 51.5 Å². The molecule has 0 spiro atoms. The van der Waals surface area contributed by atoms with E-state index in [0.29, 0.717) is 12.5 Å². The molecule has 5 heteroatoms. The van der Waals surface area contributed by atoms with Crippen LogP contribution in [-0.4, -0.2) is 30.4 Å². The highest BCUT2D eigenvalue weighted by molar-refractivity contribution is 7.88. The van der Waals surface area contributed by atoms with Crippen LogP contribution in [0.15, 0.2) is 24.3 Å². The number of sulfonamides is 1. The summed E-state index contributed by atoms with van der Waals surface area (Å²) >= 11 is 0. The molecular weight excluding hydrogens is 286 g/mol. The maximum atomic E-state index is 12.6. The summed E-state index contributed by atoms with van der Waals surface area (Å²) in [6.45, 7) is 4.84. The Balaban J connectivity index is 2.06. The summed E-state index contributed by atoms with van der Waals surface area (Å²) in [7, 11) is -3.26. The summed E-state index contributed by atoms with van der Waals surface area (Å²) in [5.41, 5.74) is 1.58. The number of benzene rings is 1. The fraction of sp³-hybridized carbons (Fsp3) is 0.625. The summed E-state index contributed by atoms with van der Waals surface area (Å²) < 4.78 is 27.0. The van der Waals surface area contributed by atoms with Gasteiger partial charge in [0.2, 0.25) is 10.0 Å². The van der Waals surface area contributed by atoms with Gasteiger partial charge >= 0.3 is 0 Å². The zero-order valence-corrected chi connectivity index (χ0v) is 13.6. The predicted molar refractivity (Wildman–Crippen MR) is 84.2 cm³/mol. The van der Waals surface area contributed by atoms with E-state index >= 15 is 0 Å². The van der Waals surface area contributed by atoms with Crippen LogP contribution in [0.3, 0.4) is 0 Å². The minimum Gasteiger partial charge on any atom is -0.392 e. The van der Waals surface area contributed by atoms with E-state index in [-0.39, 0.29) is 18.4 Å². The molecule has 1 N–H and O–H groups in total. The van der Waals surface area contributed by atoms with Crippen LogP contribution in [0.4, 0.5) is 0 Å². The molecule has 0 aliphatic heterocycles. The summed E-state index contributed by atoms with van der Waals surface area (Å²) in [5, 5.41) is 9.03. The van der Waals surface area contributed by atoms with Crippen molar-refractivity contribution >= 4 is 10.0 Å². The summed E-state index contributed by atoms with van der Waals surface area (Å²) in [6, 6.07) is 7.35. The van der Waals surface area contributed by atoms with Crippen molar-refractivity contribution in [3.05, 3.63) is 35.4 Å². The molecule has 1 aliphatic rings. The number of hydrogen-bond donors (Lipinski definition) is 1. The normalized spacial score (nSPS) is 15.9. The smallest absolute Gasteiger partial charge is 0.218 e. The maximum absolute atomic E-state index is 12.6. The lowest BCUT2D eigenvalue weighted by atomic mass is 10.1. The molecular formula is C16H25NO3S. The molecule has 4 nitrogen and oxygen atoms in total. The van der Waals surface area contributed by atoms with E-state index in [1.54, 1.807) is 28.6 Å². The molecule has 0 unspecified atom stereocenters. The number of hydrogen-bond acceptors (Lipinski definition) is 3. The third-order valence-electron chi connectivity index (χ3n) is 3.79. The molecule has 1 aliphatic carbocycles. The van der Waals surface area contributed by atoms with Gasteiger partial charge in [0.1, 0.15) is 0 Å². The van der Waals surface area contributed by atoms with Crippen molar-refractivity contribution < 1.29 is 13.5 Å². The zero-order valence-electron chi connectivity index (χ0n) is 12.8. The minimum atomic E-state index is -3.26. The van der Waals surface area contributed by atoms with Crippen LogP contribution >= 0.6 is 0 Å². The number of aliphatic hydroxyl groups excluding tert-OH is 1. The molecule has 0 heterocycles. The van der Waals surface area contributed by atoms with Gasteiger partial charge in [-0.15, -0.1) is 0 Å². The van der Waals surface area contributed by atoms with Gasteiger partial charge in [0.15, 0.2) is 0 Å². The van der Waals surface area contributed by atoms with Gasteiger partial charge in [-0.25, -0.2) is 8.42 Å². The quantitative estimate of drug-likeness (QED) is 0.802. The second-order valence-corrected chi connectivity index (χ2v) is 8.18. The van der Waals surface area contributed by atoms with E-state index in [1.807, 2.05) is 0 Å². The second kappa shape index (κ2) is 6.90. The Hall–Kier alpha value is -0.910. The fourth-order valence-electron chi connectivity index (χ4n) is 2.33. The van der Waals surface area contributed by atoms with Crippen molar-refractivity contribution in [1.82, 2.24) is 4.31 Å². The molecule has 2 rings (SSSR count). The van der Waals surface area contributed by atoms with E-state index < -0.39 is 10.0 Å². The van der Waals surface area contributed by atoms with Crippen LogP contribution < -0.4 is 0 Å². The van der Waals surface area contributed by atoms with Crippen molar-refractivity contribution in [1.29, 1.82) is 0 Å². The highest BCUT2D eigenvalue weighted by Crippen LogP contribution is 2.31. The third-order valence-corrected chi connectivity index (χ3v) is 5.69. The van der Waals surface area contributed by atoms with Crippen LogP contribution in [0.2, 0.25) is 0 Å². The maximum Gasteiger partial charge on any atom is 0.218 e. The topological polar surface area (TPSA) is 57.6 Å².